The topological polar surface area (TPSA) is 88.1 Å². The second kappa shape index (κ2) is 14.1. The van der Waals surface area contributed by atoms with Gasteiger partial charge in [-0.25, -0.2) is 14.4 Å². The molecule has 0 aromatic heterocycles. The molecule has 0 atom stereocenters. The van der Waals surface area contributed by atoms with Crippen LogP contribution in [-0.4, -0.2) is 24.5 Å². The number of esters is 3. The fraction of sp³-hybridized carbons (Fsp3) is 0.129. The second-order valence-electron chi connectivity index (χ2n) is 8.24. The number of hydrogen-bond acceptors (Lipinski definition) is 7. The average Bonchev–Trinajstić information content (AvgIpc) is 2.92. The summed E-state index contributed by atoms with van der Waals surface area (Å²) in [4.78, 5) is 36.5. The minimum Gasteiger partial charge on any atom is -0.494 e. The molecule has 0 N–H and O–H groups in total. The van der Waals surface area contributed by atoms with E-state index >= 15 is 0 Å². The second-order valence-corrected chi connectivity index (χ2v) is 8.24. The molecule has 3 rings (SSSR count). The number of ether oxygens (including phenoxy) is 4. The lowest BCUT2D eigenvalue weighted by Crippen LogP contribution is -2.11. The van der Waals surface area contributed by atoms with Crippen LogP contribution in [0.25, 0.3) is 12.2 Å². The standard InChI is InChI=1S/C31H27FO7/c1-4-19-36-25-13-9-24(10-14-25)12-18-30(34)38-27-16-15-26(20-28(27)39-31(35)22(3)32)37-29(33)17-11-23-7-5-21(2)6-8-23/h5-18,20H,3-4,19H2,1-2H3/b17-11+,18-12+. The SMILES string of the molecule is C=C(F)C(=O)Oc1cc(OC(=O)/C=C/c2ccc(C)cc2)ccc1OC(=O)/C=C/c1ccc(OCCC)cc1. The lowest BCUT2D eigenvalue weighted by molar-refractivity contribution is -0.133. The lowest BCUT2D eigenvalue weighted by atomic mass is 10.1. The largest absolute Gasteiger partial charge is 0.494 e. The van der Waals surface area contributed by atoms with E-state index in [-0.39, 0.29) is 17.2 Å². The summed E-state index contributed by atoms with van der Waals surface area (Å²) in [6, 6.07) is 18.3. The van der Waals surface area contributed by atoms with Crippen molar-refractivity contribution in [2.24, 2.45) is 0 Å². The minimum absolute atomic E-state index is 0.0263. The van der Waals surface area contributed by atoms with Gasteiger partial charge in [-0.15, -0.1) is 0 Å². The Morgan fingerprint density at radius 3 is 1.92 bits per heavy atom. The van der Waals surface area contributed by atoms with Gasteiger partial charge in [0, 0.05) is 18.2 Å². The van der Waals surface area contributed by atoms with Gasteiger partial charge >= 0.3 is 17.9 Å². The van der Waals surface area contributed by atoms with E-state index in [1.165, 1.54) is 30.4 Å². The monoisotopic (exact) mass is 530 g/mol. The summed E-state index contributed by atoms with van der Waals surface area (Å²) < 4.78 is 34.3. The molecule has 3 aromatic carbocycles. The molecule has 0 aliphatic rings. The van der Waals surface area contributed by atoms with Gasteiger partial charge in [-0.2, -0.15) is 4.39 Å². The molecule has 0 saturated heterocycles. The molecule has 0 saturated carbocycles. The molecule has 0 radical (unpaired) electrons. The van der Waals surface area contributed by atoms with Gasteiger partial charge in [0.1, 0.15) is 11.5 Å². The molecule has 200 valence electrons. The van der Waals surface area contributed by atoms with E-state index < -0.39 is 23.7 Å². The molecule has 0 heterocycles. The zero-order chi connectivity index (χ0) is 28.2. The van der Waals surface area contributed by atoms with Gasteiger partial charge in [0.15, 0.2) is 11.5 Å². The van der Waals surface area contributed by atoms with Crippen LogP contribution in [0.2, 0.25) is 0 Å². The van der Waals surface area contributed by atoms with Gasteiger partial charge in [0.05, 0.1) is 6.61 Å². The minimum atomic E-state index is -1.39. The van der Waals surface area contributed by atoms with E-state index in [1.807, 2.05) is 38.1 Å². The third-order valence-electron chi connectivity index (χ3n) is 5.02. The van der Waals surface area contributed by atoms with E-state index in [0.717, 1.165) is 29.2 Å². The molecule has 0 aliphatic heterocycles. The van der Waals surface area contributed by atoms with Crippen molar-refractivity contribution < 1.29 is 37.7 Å². The molecule has 0 spiro atoms. The van der Waals surface area contributed by atoms with Gasteiger partial charge < -0.3 is 18.9 Å². The Bertz CT molecular complexity index is 1390. The van der Waals surface area contributed by atoms with Crippen LogP contribution in [0.15, 0.2) is 91.3 Å². The first kappa shape index (κ1) is 28.6. The Labute approximate surface area is 225 Å². The summed E-state index contributed by atoms with van der Waals surface area (Å²) in [6.45, 7) is 7.45. The Hall–Kier alpha value is -4.98. The maximum absolute atomic E-state index is 13.3. The van der Waals surface area contributed by atoms with Crippen LogP contribution in [0, 0.1) is 6.92 Å². The Balaban J connectivity index is 1.70. The summed E-state index contributed by atoms with van der Waals surface area (Å²) in [5, 5.41) is 0. The maximum Gasteiger partial charge on any atom is 0.372 e. The average molecular weight is 531 g/mol. The third kappa shape index (κ3) is 9.44. The van der Waals surface area contributed by atoms with Crippen LogP contribution in [0.4, 0.5) is 4.39 Å². The molecule has 0 amide bonds. The summed E-state index contributed by atoms with van der Waals surface area (Å²) in [5.41, 5.74) is 2.59. The van der Waals surface area contributed by atoms with Crippen molar-refractivity contribution in [3.63, 3.8) is 0 Å². The third-order valence-corrected chi connectivity index (χ3v) is 5.02. The van der Waals surface area contributed by atoms with Crippen LogP contribution in [0.5, 0.6) is 23.0 Å². The van der Waals surface area contributed by atoms with E-state index in [4.69, 9.17) is 18.9 Å². The van der Waals surface area contributed by atoms with Crippen molar-refractivity contribution in [2.75, 3.05) is 6.61 Å². The fourth-order valence-corrected chi connectivity index (χ4v) is 3.06. The summed E-state index contributed by atoms with van der Waals surface area (Å²) in [7, 11) is 0. The molecule has 7 nitrogen and oxygen atoms in total. The summed E-state index contributed by atoms with van der Waals surface area (Å²) in [6.07, 6.45) is 6.38. The zero-order valence-corrected chi connectivity index (χ0v) is 21.5. The van der Waals surface area contributed by atoms with Crippen molar-refractivity contribution >= 4 is 30.1 Å². The predicted octanol–water partition coefficient (Wildman–Crippen LogP) is 6.41. The highest BCUT2D eigenvalue weighted by Gasteiger charge is 2.17. The number of carbonyl (C=O) groups excluding carboxylic acids is 3. The number of carbonyl (C=O) groups is 3. The molecular formula is C31H27FO7. The number of rotatable bonds is 11. The molecule has 0 bridgehead atoms. The quantitative estimate of drug-likeness (QED) is 0.161. The number of halogens is 1. The molecule has 0 aliphatic carbocycles. The fourth-order valence-electron chi connectivity index (χ4n) is 3.06. The number of hydrogen-bond donors (Lipinski definition) is 0. The molecule has 0 unspecified atom stereocenters. The first-order chi connectivity index (χ1) is 18.7. The smallest absolute Gasteiger partial charge is 0.372 e. The van der Waals surface area contributed by atoms with E-state index in [9.17, 15) is 18.8 Å². The number of benzene rings is 3. The van der Waals surface area contributed by atoms with Crippen molar-refractivity contribution in [3.8, 4) is 23.0 Å². The van der Waals surface area contributed by atoms with Crippen LogP contribution >= 0.6 is 0 Å². The first-order valence-corrected chi connectivity index (χ1v) is 12.0. The Morgan fingerprint density at radius 1 is 0.769 bits per heavy atom. The van der Waals surface area contributed by atoms with Gasteiger partial charge in [-0.3, -0.25) is 0 Å². The van der Waals surface area contributed by atoms with Crippen molar-refractivity contribution in [1.29, 1.82) is 0 Å². The highest BCUT2D eigenvalue weighted by atomic mass is 19.1. The van der Waals surface area contributed by atoms with Gasteiger partial charge in [0.2, 0.25) is 5.83 Å². The van der Waals surface area contributed by atoms with E-state index in [1.54, 1.807) is 30.3 Å². The lowest BCUT2D eigenvalue weighted by Gasteiger charge is -2.11. The highest BCUT2D eigenvalue weighted by Crippen LogP contribution is 2.33. The van der Waals surface area contributed by atoms with Crippen LogP contribution in [-0.2, 0) is 14.4 Å². The van der Waals surface area contributed by atoms with Gasteiger partial charge in [0.25, 0.3) is 0 Å². The van der Waals surface area contributed by atoms with Crippen LogP contribution in [0.3, 0.4) is 0 Å². The number of aryl methyl sites for hydroxylation is 1. The van der Waals surface area contributed by atoms with Gasteiger partial charge in [-0.1, -0.05) is 55.5 Å². The van der Waals surface area contributed by atoms with Crippen LogP contribution < -0.4 is 18.9 Å². The van der Waals surface area contributed by atoms with Gasteiger partial charge in [-0.05, 0) is 60.9 Å². The highest BCUT2D eigenvalue weighted by molar-refractivity contribution is 5.91. The van der Waals surface area contributed by atoms with Crippen molar-refractivity contribution in [3.05, 3.63) is 108 Å². The van der Waals surface area contributed by atoms with Crippen LogP contribution in [0.1, 0.15) is 30.0 Å². The molecule has 0 fully saturated rings. The molecular weight excluding hydrogens is 503 g/mol. The predicted molar refractivity (Wildman–Crippen MR) is 145 cm³/mol. The van der Waals surface area contributed by atoms with Crippen molar-refractivity contribution in [1.82, 2.24) is 0 Å². The van der Waals surface area contributed by atoms with Crippen molar-refractivity contribution in [2.45, 2.75) is 20.3 Å². The van der Waals surface area contributed by atoms with E-state index in [0.29, 0.717) is 12.4 Å². The summed E-state index contributed by atoms with van der Waals surface area (Å²) >= 11 is 0. The normalized spacial score (nSPS) is 10.8. The molecule has 3 aromatic rings. The zero-order valence-electron chi connectivity index (χ0n) is 21.5. The molecule has 8 heteroatoms. The Morgan fingerprint density at radius 2 is 1.33 bits per heavy atom. The van der Waals surface area contributed by atoms with E-state index in [2.05, 4.69) is 6.58 Å². The maximum atomic E-state index is 13.3. The summed E-state index contributed by atoms with van der Waals surface area (Å²) in [5.74, 6) is -4.10. The molecule has 39 heavy (non-hydrogen) atoms. The Kier molecular flexibility index (Phi) is 10.3. The first-order valence-electron chi connectivity index (χ1n) is 12.0.